The molecule has 0 aromatic heterocycles. The van der Waals surface area contributed by atoms with E-state index >= 15 is 13.2 Å². The lowest BCUT2D eigenvalue weighted by molar-refractivity contribution is -0.145. The van der Waals surface area contributed by atoms with Crippen LogP contribution in [0.3, 0.4) is 0 Å². The van der Waals surface area contributed by atoms with Crippen molar-refractivity contribution in [3.8, 4) is 45.3 Å². The molecule has 4 aliphatic rings. The predicted molar refractivity (Wildman–Crippen MR) is 299 cm³/mol. The number of carbonyl (C=O) groups excluding carboxylic acids is 2. The van der Waals surface area contributed by atoms with E-state index in [0.717, 1.165) is 17.0 Å². The van der Waals surface area contributed by atoms with E-state index in [1.807, 2.05) is 12.1 Å². The molecule has 0 atom stereocenters. The number of esters is 2. The molecule has 0 N–H and O–H groups in total. The molecule has 2 saturated carbocycles. The first-order valence-corrected chi connectivity index (χ1v) is 28.3. The van der Waals surface area contributed by atoms with Crippen molar-refractivity contribution in [1.82, 2.24) is 0 Å². The molecule has 11 rings (SSSR count). The fraction of sp³-hybridized carbons (Fsp3) is 0.353. The Kier molecular flexibility index (Phi) is 15.1. The Labute approximate surface area is 471 Å². The molecule has 82 heavy (non-hydrogen) atoms. The molecule has 0 radical (unpaired) electrons. The number of halogens is 8. The number of methoxy groups -OCH3 is 1. The summed E-state index contributed by atoms with van der Waals surface area (Å²) in [5.74, 6) is -1.71. The molecule has 426 valence electrons. The Hall–Kier alpha value is -7.48. The molecule has 6 nitrogen and oxygen atoms in total. The Bertz CT molecular complexity index is 3520. The van der Waals surface area contributed by atoms with Crippen LogP contribution in [-0.2, 0) is 33.0 Å². The number of rotatable bonds is 13. The largest absolute Gasteiger partial charge is 0.493 e. The molecular formula is C68H62F8O6. The third-order valence-corrected chi connectivity index (χ3v) is 17.6. The maximum absolute atomic E-state index is 15.2. The molecule has 0 spiro atoms. The SMILES string of the molecule is CCCCCC1CCC(c2ccc(-c3ccc(OC(=O)C4CCC(C(=O)Oc5cc6c7c(c8c(c6cc5OC)OC(c5ccc(F)cc5)(c5ccc(F)cc5)C=C8)C(C)(C)c5c-7cc(C(F)(F)F)cc5C(F)(F)F)CC4)cc3)cc2)CC1. The van der Waals surface area contributed by atoms with Gasteiger partial charge in [-0.1, -0.05) is 113 Å². The topological polar surface area (TPSA) is 71.1 Å². The Morgan fingerprint density at radius 2 is 1.18 bits per heavy atom. The number of benzene rings is 7. The van der Waals surface area contributed by atoms with E-state index < -0.39 is 75.5 Å². The number of hydrogen-bond donors (Lipinski definition) is 0. The monoisotopic (exact) mass is 1130 g/mol. The maximum atomic E-state index is 15.2. The highest BCUT2D eigenvalue weighted by Crippen LogP contribution is 2.62. The van der Waals surface area contributed by atoms with Gasteiger partial charge in [0, 0.05) is 27.5 Å². The molecule has 0 amide bonds. The van der Waals surface area contributed by atoms with E-state index in [2.05, 4.69) is 31.2 Å². The predicted octanol–water partition coefficient (Wildman–Crippen LogP) is 18.7. The van der Waals surface area contributed by atoms with E-state index in [0.29, 0.717) is 41.7 Å². The highest BCUT2D eigenvalue weighted by Gasteiger charge is 2.50. The fourth-order valence-corrected chi connectivity index (χ4v) is 13.3. The van der Waals surface area contributed by atoms with E-state index in [9.17, 15) is 31.5 Å². The van der Waals surface area contributed by atoms with Crippen molar-refractivity contribution in [3.05, 3.63) is 184 Å². The quantitative estimate of drug-likeness (QED) is 0.0496. The van der Waals surface area contributed by atoms with Gasteiger partial charge in [0.1, 0.15) is 23.1 Å². The Morgan fingerprint density at radius 1 is 0.622 bits per heavy atom. The van der Waals surface area contributed by atoms with Gasteiger partial charge in [0.05, 0.1) is 30.1 Å². The lowest BCUT2D eigenvalue weighted by atomic mass is 9.75. The van der Waals surface area contributed by atoms with Gasteiger partial charge in [0.15, 0.2) is 17.1 Å². The molecular weight excluding hydrogens is 1060 g/mol. The zero-order chi connectivity index (χ0) is 57.9. The first-order valence-electron chi connectivity index (χ1n) is 28.3. The van der Waals surface area contributed by atoms with Crippen LogP contribution in [0.1, 0.15) is 148 Å². The summed E-state index contributed by atoms with van der Waals surface area (Å²) in [5.41, 5.74) is -2.27. The molecule has 1 aliphatic heterocycles. The zero-order valence-electron chi connectivity index (χ0n) is 46.0. The van der Waals surface area contributed by atoms with Crippen molar-refractivity contribution >= 4 is 28.8 Å². The summed E-state index contributed by atoms with van der Waals surface area (Å²) in [4.78, 5) is 27.8. The van der Waals surface area contributed by atoms with Crippen LogP contribution < -0.4 is 18.9 Å². The average molecular weight is 1130 g/mol. The molecule has 1 heterocycles. The first-order chi connectivity index (χ1) is 39.2. The van der Waals surface area contributed by atoms with Crippen molar-refractivity contribution in [3.63, 3.8) is 0 Å². The summed E-state index contributed by atoms with van der Waals surface area (Å²) in [6.45, 7) is 5.24. The summed E-state index contributed by atoms with van der Waals surface area (Å²) in [6, 6.07) is 30.6. The first kappa shape index (κ1) is 56.4. The number of unbranched alkanes of at least 4 members (excludes halogenated alkanes) is 2. The second-order valence-corrected chi connectivity index (χ2v) is 23.0. The minimum absolute atomic E-state index is 0.0151. The number of carbonyl (C=O) groups is 2. The van der Waals surface area contributed by atoms with Gasteiger partial charge < -0.3 is 18.9 Å². The highest BCUT2D eigenvalue weighted by atomic mass is 19.4. The van der Waals surface area contributed by atoms with Gasteiger partial charge in [0.25, 0.3) is 0 Å². The van der Waals surface area contributed by atoms with Crippen LogP contribution in [0.25, 0.3) is 39.1 Å². The molecule has 7 aromatic carbocycles. The normalized spacial score (nSPS) is 19.9. The van der Waals surface area contributed by atoms with E-state index in [-0.39, 0.29) is 69.2 Å². The van der Waals surface area contributed by atoms with Gasteiger partial charge >= 0.3 is 24.3 Å². The molecule has 0 saturated heterocycles. The summed E-state index contributed by atoms with van der Waals surface area (Å²) >= 11 is 0. The van der Waals surface area contributed by atoms with Crippen LogP contribution in [0.2, 0.25) is 0 Å². The Morgan fingerprint density at radius 3 is 1.73 bits per heavy atom. The second-order valence-electron chi connectivity index (χ2n) is 23.0. The summed E-state index contributed by atoms with van der Waals surface area (Å²) in [5, 5.41) is 0.248. The minimum atomic E-state index is -5.22. The minimum Gasteiger partial charge on any atom is -0.493 e. The van der Waals surface area contributed by atoms with Gasteiger partial charge in [-0.3, -0.25) is 9.59 Å². The van der Waals surface area contributed by atoms with Crippen molar-refractivity contribution in [2.75, 3.05) is 7.11 Å². The van der Waals surface area contributed by atoms with Gasteiger partial charge in [0.2, 0.25) is 0 Å². The zero-order valence-corrected chi connectivity index (χ0v) is 46.0. The number of fused-ring (bicyclic) bond motifs is 8. The van der Waals surface area contributed by atoms with Gasteiger partial charge in [-0.25, -0.2) is 8.78 Å². The fourth-order valence-electron chi connectivity index (χ4n) is 13.3. The lowest BCUT2D eigenvalue weighted by Crippen LogP contribution is -2.35. The Balaban J connectivity index is 0.859. The van der Waals surface area contributed by atoms with Crippen LogP contribution in [0.5, 0.6) is 23.0 Å². The second kappa shape index (κ2) is 22.0. The van der Waals surface area contributed by atoms with Crippen molar-refractivity contribution < 1.29 is 63.7 Å². The van der Waals surface area contributed by atoms with Crippen molar-refractivity contribution in [1.29, 1.82) is 0 Å². The third kappa shape index (κ3) is 10.7. The van der Waals surface area contributed by atoms with Gasteiger partial charge in [-0.15, -0.1) is 0 Å². The molecule has 3 aliphatic carbocycles. The third-order valence-electron chi connectivity index (χ3n) is 17.6. The highest BCUT2D eigenvalue weighted by molar-refractivity contribution is 6.10. The molecule has 0 unspecified atom stereocenters. The number of alkyl halides is 6. The number of hydrogen-bond acceptors (Lipinski definition) is 6. The van der Waals surface area contributed by atoms with E-state index in [1.54, 1.807) is 24.3 Å². The van der Waals surface area contributed by atoms with Crippen LogP contribution in [0, 0.1) is 29.4 Å². The maximum Gasteiger partial charge on any atom is 0.416 e. The van der Waals surface area contributed by atoms with Crippen LogP contribution in [-0.4, -0.2) is 19.0 Å². The summed E-state index contributed by atoms with van der Waals surface area (Å²) in [7, 11) is 1.31. The molecule has 2 fully saturated rings. The van der Waals surface area contributed by atoms with E-state index in [1.165, 1.54) is 139 Å². The lowest BCUT2D eigenvalue weighted by Gasteiger charge is -2.38. The van der Waals surface area contributed by atoms with Crippen LogP contribution in [0.15, 0.2) is 127 Å². The smallest absolute Gasteiger partial charge is 0.416 e. The summed E-state index contributed by atoms with van der Waals surface area (Å²) in [6.07, 6.45) is 4.22. The van der Waals surface area contributed by atoms with Crippen molar-refractivity contribution in [2.45, 2.75) is 127 Å². The van der Waals surface area contributed by atoms with Crippen LogP contribution >= 0.6 is 0 Å². The van der Waals surface area contributed by atoms with Gasteiger partial charge in [-0.2, -0.15) is 26.3 Å². The standard InChI is InChI=1S/C68H62F8O6/c1-5-6-7-8-39-9-11-40(12-10-39)41-13-15-42(16-14-41)43-21-31-51(32-22-43)80-63(77)44-17-19-45(20-18-44)64(78)81-58-37-53-54(38-57(58)79-4)62-52(33-34-66(82-62,46-23-27-49(69)28-24-46)47-25-29-50(70)30-26-47)61-59(53)55-35-48(67(71,72)73)36-56(68(74,75)76)60(55)65(61,2)3/h13-16,21-40,44-45H,5-12,17-20H2,1-4H3. The van der Waals surface area contributed by atoms with Gasteiger partial charge in [-0.05, 0) is 174 Å². The molecule has 14 heteroatoms. The van der Waals surface area contributed by atoms with Crippen LogP contribution in [0.4, 0.5) is 35.1 Å². The average Bonchev–Trinajstić information content (AvgIpc) is 1.87. The number of ether oxygens (including phenoxy) is 4. The van der Waals surface area contributed by atoms with Crippen molar-refractivity contribution in [2.24, 2.45) is 17.8 Å². The van der Waals surface area contributed by atoms with E-state index in [4.69, 9.17) is 18.9 Å². The molecule has 7 aromatic rings. The summed E-state index contributed by atoms with van der Waals surface area (Å²) < 4.78 is 144. The molecule has 0 bridgehead atoms.